The van der Waals surface area contributed by atoms with Crippen LogP contribution in [0.4, 0.5) is 4.39 Å². The number of aryl methyl sites for hydroxylation is 1. The molecule has 1 unspecified atom stereocenters. The molecule has 4 heteroatoms. The van der Waals surface area contributed by atoms with Crippen molar-refractivity contribution in [3.63, 3.8) is 0 Å². The molecule has 96 valence electrons. The third-order valence-corrected chi connectivity index (χ3v) is 4.03. The van der Waals surface area contributed by atoms with Crippen LogP contribution in [0.5, 0.6) is 0 Å². The molecule has 0 saturated carbocycles. The Kier molecular flexibility index (Phi) is 3.59. The first kappa shape index (κ1) is 13.3. The van der Waals surface area contributed by atoms with E-state index in [4.69, 9.17) is 0 Å². The Morgan fingerprint density at radius 3 is 2.39 bits per heavy atom. The Hall–Kier alpha value is -1.13. The summed E-state index contributed by atoms with van der Waals surface area (Å²) < 4.78 is 13.9. The molecule has 1 heterocycles. The highest BCUT2D eigenvalue weighted by Crippen LogP contribution is 2.29. The molecule has 0 radical (unpaired) electrons. The lowest BCUT2D eigenvalue weighted by Crippen LogP contribution is -2.02. The molecule has 0 fully saturated rings. The zero-order valence-corrected chi connectivity index (χ0v) is 12.1. The van der Waals surface area contributed by atoms with E-state index in [0.29, 0.717) is 10.0 Å². The molecular weight excluding hydrogens is 297 g/mol. The molecule has 0 amide bonds. The van der Waals surface area contributed by atoms with Gasteiger partial charge in [-0.05, 0) is 65.5 Å². The zero-order chi connectivity index (χ0) is 13.4. The average molecular weight is 312 g/mol. The molecular formula is C14H15BrFNO. The van der Waals surface area contributed by atoms with E-state index in [2.05, 4.69) is 20.9 Å². The maximum Gasteiger partial charge on any atom is 0.137 e. The van der Waals surface area contributed by atoms with Crippen molar-refractivity contribution in [2.24, 2.45) is 0 Å². The zero-order valence-electron chi connectivity index (χ0n) is 10.5. The lowest BCUT2D eigenvalue weighted by atomic mass is 10.0. The highest BCUT2D eigenvalue weighted by molar-refractivity contribution is 9.10. The summed E-state index contributed by atoms with van der Waals surface area (Å²) in [5.41, 5.74) is 4.44. The lowest BCUT2D eigenvalue weighted by molar-refractivity contribution is 0.214. The van der Waals surface area contributed by atoms with E-state index in [1.165, 1.54) is 6.07 Å². The minimum absolute atomic E-state index is 0.371. The van der Waals surface area contributed by atoms with Gasteiger partial charge in [-0.15, -0.1) is 0 Å². The molecule has 2 aromatic rings. The maximum atomic E-state index is 13.5. The van der Waals surface area contributed by atoms with Crippen molar-refractivity contribution in [1.82, 2.24) is 4.98 Å². The number of nitrogens with one attached hydrogen (secondary N) is 1. The Balaban J connectivity index is 2.44. The first-order chi connectivity index (χ1) is 8.41. The summed E-state index contributed by atoms with van der Waals surface area (Å²) >= 11 is 3.10. The molecule has 2 nitrogen and oxygen atoms in total. The number of rotatable bonds is 2. The molecule has 0 aliphatic heterocycles. The van der Waals surface area contributed by atoms with Gasteiger partial charge in [0.1, 0.15) is 11.9 Å². The predicted octanol–water partition coefficient (Wildman–Crippen LogP) is 3.92. The summed E-state index contributed by atoms with van der Waals surface area (Å²) in [6.45, 7) is 5.91. The van der Waals surface area contributed by atoms with Gasteiger partial charge in [0, 0.05) is 5.69 Å². The number of aromatic nitrogens is 1. The van der Waals surface area contributed by atoms with E-state index in [-0.39, 0.29) is 5.82 Å². The predicted molar refractivity (Wildman–Crippen MR) is 73.2 cm³/mol. The normalized spacial score (nSPS) is 12.8. The molecule has 1 aromatic carbocycles. The van der Waals surface area contributed by atoms with Gasteiger partial charge in [-0.2, -0.15) is 0 Å². The Labute approximate surface area is 114 Å². The lowest BCUT2D eigenvalue weighted by Gasteiger charge is -2.11. The number of hydrogen-bond acceptors (Lipinski definition) is 1. The quantitative estimate of drug-likeness (QED) is 0.866. The average Bonchev–Trinajstić information content (AvgIpc) is 2.60. The van der Waals surface area contributed by atoms with Gasteiger partial charge in [-0.25, -0.2) is 4.39 Å². The van der Waals surface area contributed by atoms with Crippen LogP contribution in [-0.2, 0) is 0 Å². The Morgan fingerprint density at radius 1 is 1.22 bits per heavy atom. The smallest absolute Gasteiger partial charge is 0.137 e. The van der Waals surface area contributed by atoms with E-state index in [9.17, 15) is 9.50 Å². The van der Waals surface area contributed by atoms with Crippen molar-refractivity contribution in [3.8, 4) is 0 Å². The topological polar surface area (TPSA) is 36.0 Å². The number of H-pyrrole nitrogens is 1. The number of hydrogen-bond donors (Lipinski definition) is 2. The van der Waals surface area contributed by atoms with Crippen LogP contribution in [0, 0.1) is 26.6 Å². The van der Waals surface area contributed by atoms with Crippen molar-refractivity contribution in [1.29, 1.82) is 0 Å². The highest BCUT2D eigenvalue weighted by atomic mass is 79.9. The monoisotopic (exact) mass is 311 g/mol. The summed E-state index contributed by atoms with van der Waals surface area (Å²) in [4.78, 5) is 3.16. The van der Waals surface area contributed by atoms with Gasteiger partial charge >= 0.3 is 0 Å². The molecule has 2 N–H and O–H groups in total. The van der Waals surface area contributed by atoms with Crippen molar-refractivity contribution in [3.05, 3.63) is 56.6 Å². The summed E-state index contributed by atoms with van der Waals surface area (Å²) in [5, 5.41) is 10.3. The molecule has 18 heavy (non-hydrogen) atoms. The SMILES string of the molecule is Cc1[nH]c(C(O)c2ccc(Br)c(F)c2)c(C)c1C. The van der Waals surface area contributed by atoms with Gasteiger partial charge < -0.3 is 10.1 Å². The molecule has 0 aliphatic rings. The van der Waals surface area contributed by atoms with E-state index < -0.39 is 6.10 Å². The highest BCUT2D eigenvalue weighted by Gasteiger charge is 2.18. The van der Waals surface area contributed by atoms with Crippen LogP contribution in [0.3, 0.4) is 0 Å². The summed E-state index contributed by atoms with van der Waals surface area (Å²) in [7, 11) is 0. The fraction of sp³-hybridized carbons (Fsp3) is 0.286. The van der Waals surface area contributed by atoms with E-state index in [0.717, 1.165) is 22.5 Å². The number of aromatic amines is 1. The van der Waals surface area contributed by atoms with Gasteiger partial charge in [0.25, 0.3) is 0 Å². The largest absolute Gasteiger partial charge is 0.382 e. The van der Waals surface area contributed by atoms with Crippen molar-refractivity contribution >= 4 is 15.9 Å². The third kappa shape index (κ3) is 2.22. The number of aliphatic hydroxyl groups is 1. The minimum atomic E-state index is -0.833. The van der Waals surface area contributed by atoms with Gasteiger partial charge in [-0.1, -0.05) is 6.07 Å². The molecule has 0 saturated heterocycles. The molecule has 0 bridgehead atoms. The van der Waals surface area contributed by atoms with Crippen molar-refractivity contribution < 1.29 is 9.50 Å². The Morgan fingerprint density at radius 2 is 1.89 bits per heavy atom. The fourth-order valence-corrected chi connectivity index (χ4v) is 2.24. The summed E-state index contributed by atoms with van der Waals surface area (Å²) in [6, 6.07) is 4.66. The molecule has 0 aliphatic carbocycles. The molecule has 1 aromatic heterocycles. The maximum absolute atomic E-state index is 13.5. The van der Waals surface area contributed by atoms with Crippen molar-refractivity contribution in [2.45, 2.75) is 26.9 Å². The van der Waals surface area contributed by atoms with Crippen LogP contribution in [0.1, 0.15) is 34.2 Å². The Bertz CT molecular complexity index is 592. The van der Waals surface area contributed by atoms with Crippen LogP contribution in [0.25, 0.3) is 0 Å². The fourth-order valence-electron chi connectivity index (χ4n) is 2.00. The molecule has 2 rings (SSSR count). The van der Waals surface area contributed by atoms with Gasteiger partial charge in [0.15, 0.2) is 0 Å². The number of benzene rings is 1. The second-order valence-electron chi connectivity index (χ2n) is 4.49. The van der Waals surface area contributed by atoms with Crippen LogP contribution in [0.15, 0.2) is 22.7 Å². The van der Waals surface area contributed by atoms with E-state index in [1.807, 2.05) is 20.8 Å². The van der Waals surface area contributed by atoms with E-state index in [1.54, 1.807) is 12.1 Å². The number of halogens is 2. The second kappa shape index (κ2) is 4.86. The summed E-state index contributed by atoms with van der Waals surface area (Å²) in [5.74, 6) is -0.371. The molecule has 1 atom stereocenters. The van der Waals surface area contributed by atoms with Crippen LogP contribution in [-0.4, -0.2) is 10.1 Å². The standard InChI is InChI=1S/C14H15BrFNO/c1-7-8(2)13(17-9(7)3)14(18)10-4-5-11(15)12(16)6-10/h4-6,14,17-18H,1-3H3. The minimum Gasteiger partial charge on any atom is -0.382 e. The third-order valence-electron chi connectivity index (χ3n) is 3.38. The van der Waals surface area contributed by atoms with Crippen LogP contribution in [0.2, 0.25) is 0 Å². The van der Waals surface area contributed by atoms with Gasteiger partial charge in [0.2, 0.25) is 0 Å². The summed E-state index contributed by atoms with van der Waals surface area (Å²) in [6.07, 6.45) is -0.833. The second-order valence-corrected chi connectivity index (χ2v) is 5.34. The van der Waals surface area contributed by atoms with Crippen LogP contribution >= 0.6 is 15.9 Å². The molecule has 0 spiro atoms. The van der Waals surface area contributed by atoms with Crippen molar-refractivity contribution in [2.75, 3.05) is 0 Å². The van der Waals surface area contributed by atoms with Gasteiger partial charge in [-0.3, -0.25) is 0 Å². The van der Waals surface area contributed by atoms with Crippen LogP contribution < -0.4 is 0 Å². The first-order valence-corrected chi connectivity index (χ1v) is 6.49. The number of aliphatic hydroxyl groups excluding tert-OH is 1. The van der Waals surface area contributed by atoms with E-state index >= 15 is 0 Å². The van der Waals surface area contributed by atoms with Gasteiger partial charge in [0.05, 0.1) is 10.2 Å². The first-order valence-electron chi connectivity index (χ1n) is 5.70.